The molecule has 104 valence electrons. The first kappa shape index (κ1) is 13.8. The van der Waals surface area contributed by atoms with Crippen LogP contribution in [0, 0.1) is 6.92 Å². The number of aryl methyl sites for hydroxylation is 1. The largest absolute Gasteiger partial charge is 0.409 e. The molecule has 0 aliphatic carbocycles. The number of rotatable bonds is 4. The SMILES string of the molecule is Cc1cc(/C(N)=N/O)cc(N(C)Cc2cccnc2)n1. The average molecular weight is 271 g/mol. The maximum Gasteiger partial charge on any atom is 0.170 e. The Bertz CT molecular complexity index is 612. The predicted octanol–water partition coefficient (Wildman–Crippen LogP) is 1.52. The highest BCUT2D eigenvalue weighted by Gasteiger charge is 2.08. The van der Waals surface area contributed by atoms with Gasteiger partial charge in [-0.2, -0.15) is 0 Å². The number of hydrogen-bond donors (Lipinski definition) is 2. The molecule has 0 saturated carbocycles. The van der Waals surface area contributed by atoms with Gasteiger partial charge in [0.25, 0.3) is 0 Å². The van der Waals surface area contributed by atoms with Crippen LogP contribution >= 0.6 is 0 Å². The van der Waals surface area contributed by atoms with Crippen LogP contribution in [0.25, 0.3) is 0 Å². The highest BCUT2D eigenvalue weighted by atomic mass is 16.4. The van der Waals surface area contributed by atoms with E-state index in [1.165, 1.54) is 0 Å². The van der Waals surface area contributed by atoms with E-state index in [-0.39, 0.29) is 5.84 Å². The van der Waals surface area contributed by atoms with E-state index in [9.17, 15) is 0 Å². The average Bonchev–Trinajstić information content (AvgIpc) is 2.46. The number of oxime groups is 1. The lowest BCUT2D eigenvalue weighted by Crippen LogP contribution is -2.20. The number of anilines is 1. The summed E-state index contributed by atoms with van der Waals surface area (Å²) < 4.78 is 0. The third-order valence-electron chi connectivity index (χ3n) is 2.88. The summed E-state index contributed by atoms with van der Waals surface area (Å²) in [7, 11) is 1.94. The number of aromatic nitrogens is 2. The second kappa shape index (κ2) is 6.01. The molecular weight excluding hydrogens is 254 g/mol. The molecule has 3 N–H and O–H groups in total. The minimum absolute atomic E-state index is 0.0755. The van der Waals surface area contributed by atoms with Gasteiger partial charge in [-0.05, 0) is 30.7 Å². The van der Waals surface area contributed by atoms with E-state index in [1.54, 1.807) is 18.3 Å². The number of nitrogens with two attached hydrogens (primary N) is 1. The molecule has 6 nitrogen and oxygen atoms in total. The lowest BCUT2D eigenvalue weighted by molar-refractivity contribution is 0.318. The van der Waals surface area contributed by atoms with Crippen LogP contribution in [0.3, 0.4) is 0 Å². The van der Waals surface area contributed by atoms with Crippen LogP contribution in [-0.4, -0.2) is 28.1 Å². The second-order valence-corrected chi connectivity index (χ2v) is 4.56. The van der Waals surface area contributed by atoms with Crippen molar-refractivity contribution >= 4 is 11.7 Å². The molecule has 0 bridgehead atoms. The molecule has 0 fully saturated rings. The fourth-order valence-corrected chi connectivity index (χ4v) is 1.90. The topological polar surface area (TPSA) is 87.6 Å². The van der Waals surface area contributed by atoms with E-state index in [2.05, 4.69) is 15.1 Å². The van der Waals surface area contributed by atoms with Crippen molar-refractivity contribution < 1.29 is 5.21 Å². The van der Waals surface area contributed by atoms with Crippen LogP contribution in [0.2, 0.25) is 0 Å². The number of nitrogens with zero attached hydrogens (tertiary/aromatic N) is 4. The predicted molar refractivity (Wildman–Crippen MR) is 77.8 cm³/mol. The molecule has 0 spiro atoms. The molecule has 2 aromatic rings. The first-order valence-corrected chi connectivity index (χ1v) is 6.17. The van der Waals surface area contributed by atoms with Gasteiger partial charge in [-0.1, -0.05) is 11.2 Å². The summed E-state index contributed by atoms with van der Waals surface area (Å²) in [4.78, 5) is 10.5. The van der Waals surface area contributed by atoms with E-state index in [0.29, 0.717) is 12.1 Å². The number of amidine groups is 1. The summed E-state index contributed by atoms with van der Waals surface area (Å²) in [5.41, 5.74) is 8.17. The fourth-order valence-electron chi connectivity index (χ4n) is 1.90. The molecule has 0 aliphatic heterocycles. The second-order valence-electron chi connectivity index (χ2n) is 4.56. The molecule has 2 aromatic heterocycles. The molecule has 6 heteroatoms. The summed E-state index contributed by atoms with van der Waals surface area (Å²) in [5, 5.41) is 11.8. The smallest absolute Gasteiger partial charge is 0.170 e. The third kappa shape index (κ3) is 3.23. The van der Waals surface area contributed by atoms with E-state index >= 15 is 0 Å². The van der Waals surface area contributed by atoms with E-state index in [1.807, 2.05) is 37.2 Å². The molecule has 20 heavy (non-hydrogen) atoms. The van der Waals surface area contributed by atoms with Gasteiger partial charge in [0.05, 0.1) is 0 Å². The van der Waals surface area contributed by atoms with Crippen molar-refractivity contribution in [1.82, 2.24) is 9.97 Å². The lowest BCUT2D eigenvalue weighted by Gasteiger charge is -2.19. The van der Waals surface area contributed by atoms with Crippen molar-refractivity contribution in [3.05, 3.63) is 53.5 Å². The van der Waals surface area contributed by atoms with Crippen molar-refractivity contribution in [1.29, 1.82) is 0 Å². The first-order chi connectivity index (χ1) is 9.60. The maximum absolute atomic E-state index is 8.76. The quantitative estimate of drug-likeness (QED) is 0.381. The van der Waals surface area contributed by atoms with E-state index in [4.69, 9.17) is 10.9 Å². The van der Waals surface area contributed by atoms with Gasteiger partial charge in [0.1, 0.15) is 5.82 Å². The van der Waals surface area contributed by atoms with Crippen LogP contribution in [0.1, 0.15) is 16.8 Å². The Morgan fingerprint density at radius 3 is 2.90 bits per heavy atom. The van der Waals surface area contributed by atoms with Crippen LogP contribution in [-0.2, 0) is 6.54 Å². The van der Waals surface area contributed by atoms with Crippen LogP contribution in [0.5, 0.6) is 0 Å². The molecule has 0 aromatic carbocycles. The summed E-state index contributed by atoms with van der Waals surface area (Å²) in [6, 6.07) is 7.47. The third-order valence-corrected chi connectivity index (χ3v) is 2.88. The van der Waals surface area contributed by atoms with Crippen molar-refractivity contribution in [3.8, 4) is 0 Å². The summed E-state index contributed by atoms with van der Waals surface area (Å²) in [5.74, 6) is 0.835. The minimum Gasteiger partial charge on any atom is -0.409 e. The molecule has 0 saturated heterocycles. The molecular formula is C14H17N5O. The van der Waals surface area contributed by atoms with E-state index in [0.717, 1.165) is 17.1 Å². The van der Waals surface area contributed by atoms with Gasteiger partial charge in [-0.25, -0.2) is 4.98 Å². The van der Waals surface area contributed by atoms with Crippen LogP contribution in [0.15, 0.2) is 41.8 Å². The van der Waals surface area contributed by atoms with Gasteiger partial charge in [0, 0.05) is 37.2 Å². The standard InChI is InChI=1S/C14H17N5O/c1-10-6-12(14(15)18-20)7-13(17-10)19(2)9-11-4-3-5-16-8-11/h3-8,20H,9H2,1-2H3,(H2,15,18). The summed E-state index contributed by atoms with van der Waals surface area (Å²) >= 11 is 0. The molecule has 0 amide bonds. The monoisotopic (exact) mass is 271 g/mol. The van der Waals surface area contributed by atoms with Crippen LogP contribution in [0.4, 0.5) is 5.82 Å². The summed E-state index contributed by atoms with van der Waals surface area (Å²) in [6.45, 7) is 2.55. The summed E-state index contributed by atoms with van der Waals surface area (Å²) in [6.07, 6.45) is 3.56. The maximum atomic E-state index is 8.76. The van der Waals surface area contributed by atoms with Crippen molar-refractivity contribution in [3.63, 3.8) is 0 Å². The Kier molecular flexibility index (Phi) is 4.14. The minimum atomic E-state index is 0.0755. The van der Waals surface area contributed by atoms with Gasteiger partial charge >= 0.3 is 0 Å². The number of hydrogen-bond acceptors (Lipinski definition) is 5. The number of pyridine rings is 2. The molecule has 0 unspecified atom stereocenters. The Balaban J connectivity index is 2.26. The fraction of sp³-hybridized carbons (Fsp3) is 0.214. The molecule has 0 radical (unpaired) electrons. The lowest BCUT2D eigenvalue weighted by atomic mass is 10.2. The van der Waals surface area contributed by atoms with Crippen LogP contribution < -0.4 is 10.6 Å². The zero-order valence-corrected chi connectivity index (χ0v) is 11.5. The normalized spacial score (nSPS) is 11.4. The van der Waals surface area contributed by atoms with Crippen molar-refractivity contribution in [2.24, 2.45) is 10.9 Å². The van der Waals surface area contributed by atoms with Gasteiger partial charge in [-0.15, -0.1) is 0 Å². The Morgan fingerprint density at radius 1 is 1.45 bits per heavy atom. The van der Waals surface area contributed by atoms with Crippen molar-refractivity contribution in [2.75, 3.05) is 11.9 Å². The Labute approximate surface area is 117 Å². The van der Waals surface area contributed by atoms with Crippen molar-refractivity contribution in [2.45, 2.75) is 13.5 Å². The zero-order chi connectivity index (χ0) is 14.5. The zero-order valence-electron chi connectivity index (χ0n) is 11.5. The molecule has 0 aliphatic rings. The van der Waals surface area contributed by atoms with Gasteiger partial charge < -0.3 is 15.8 Å². The molecule has 2 rings (SSSR count). The highest BCUT2D eigenvalue weighted by molar-refractivity contribution is 5.97. The van der Waals surface area contributed by atoms with Gasteiger partial charge in [-0.3, -0.25) is 4.98 Å². The Hall–Kier alpha value is -2.63. The van der Waals surface area contributed by atoms with E-state index < -0.39 is 0 Å². The van der Waals surface area contributed by atoms with Gasteiger partial charge in [0.2, 0.25) is 0 Å². The molecule has 2 heterocycles. The highest BCUT2D eigenvalue weighted by Crippen LogP contribution is 2.16. The molecule has 0 atom stereocenters. The van der Waals surface area contributed by atoms with Gasteiger partial charge in [0.15, 0.2) is 5.84 Å². The Morgan fingerprint density at radius 2 is 2.25 bits per heavy atom. The first-order valence-electron chi connectivity index (χ1n) is 6.17.